The second-order valence-electron chi connectivity index (χ2n) is 3.20. The lowest BCUT2D eigenvalue weighted by atomic mass is 10.2. The zero-order chi connectivity index (χ0) is 9.97. The summed E-state index contributed by atoms with van der Waals surface area (Å²) in [5, 5.41) is 0. The Hall–Kier alpha value is -1.71. The summed E-state index contributed by atoms with van der Waals surface area (Å²) >= 11 is 0. The molecule has 0 aromatic carbocycles. The van der Waals surface area contributed by atoms with Crippen LogP contribution in [-0.2, 0) is 0 Å². The Morgan fingerprint density at radius 2 is 1.79 bits per heavy atom. The molecule has 1 saturated carbocycles. The highest BCUT2D eigenvalue weighted by atomic mass is 16.5. The minimum Gasteiger partial charge on any atom is -0.489 e. The van der Waals surface area contributed by atoms with Gasteiger partial charge in [-0.25, -0.2) is 0 Å². The smallest absolute Gasteiger partial charge is 0.155 e. The van der Waals surface area contributed by atoms with E-state index in [1.807, 2.05) is 0 Å². The molecule has 14 heavy (non-hydrogen) atoms. The first-order valence-electron chi connectivity index (χ1n) is 4.40. The lowest BCUT2D eigenvalue weighted by molar-refractivity contribution is 0.111. The molecule has 1 aromatic heterocycles. The fourth-order valence-corrected chi connectivity index (χ4v) is 1.14. The highest BCUT2D eigenvalue weighted by molar-refractivity contribution is 5.87. The third-order valence-corrected chi connectivity index (χ3v) is 2.01. The fourth-order valence-electron chi connectivity index (χ4n) is 1.14. The molecule has 1 aromatic rings. The predicted octanol–water partition coefficient (Wildman–Crippen LogP) is 1.25. The van der Waals surface area contributed by atoms with Crippen molar-refractivity contribution in [2.24, 2.45) is 0 Å². The van der Waals surface area contributed by atoms with E-state index >= 15 is 0 Å². The Kier molecular flexibility index (Phi) is 2.26. The van der Waals surface area contributed by atoms with Gasteiger partial charge < -0.3 is 4.74 Å². The van der Waals surface area contributed by atoms with Crippen LogP contribution in [0.1, 0.15) is 33.6 Å². The van der Waals surface area contributed by atoms with E-state index in [0.29, 0.717) is 29.4 Å². The number of carbonyl (C=O) groups excluding carboxylic acids is 2. The number of aromatic nitrogens is 1. The molecule has 0 amide bonds. The van der Waals surface area contributed by atoms with Gasteiger partial charge in [0.25, 0.3) is 0 Å². The molecule has 0 saturated heterocycles. The van der Waals surface area contributed by atoms with Crippen LogP contribution in [0.15, 0.2) is 12.4 Å². The zero-order valence-electron chi connectivity index (χ0n) is 7.47. The van der Waals surface area contributed by atoms with Crippen LogP contribution in [0.2, 0.25) is 0 Å². The van der Waals surface area contributed by atoms with Crippen molar-refractivity contribution in [3.8, 4) is 5.75 Å². The first-order chi connectivity index (χ1) is 6.85. The highest BCUT2D eigenvalue weighted by Crippen LogP contribution is 2.30. The normalized spacial score (nSPS) is 14.9. The Morgan fingerprint density at radius 3 is 2.21 bits per heavy atom. The van der Waals surface area contributed by atoms with Gasteiger partial charge in [-0.1, -0.05) is 0 Å². The molecule has 0 N–H and O–H groups in total. The van der Waals surface area contributed by atoms with Crippen molar-refractivity contribution in [1.29, 1.82) is 0 Å². The van der Waals surface area contributed by atoms with Crippen molar-refractivity contribution in [2.75, 3.05) is 0 Å². The van der Waals surface area contributed by atoms with Gasteiger partial charge in [0, 0.05) is 12.4 Å². The number of pyridine rings is 1. The van der Waals surface area contributed by atoms with Crippen LogP contribution in [0.3, 0.4) is 0 Å². The highest BCUT2D eigenvalue weighted by Gasteiger charge is 2.25. The van der Waals surface area contributed by atoms with E-state index in [-0.39, 0.29) is 6.10 Å². The van der Waals surface area contributed by atoms with Gasteiger partial charge in [-0.05, 0) is 12.8 Å². The van der Waals surface area contributed by atoms with E-state index in [9.17, 15) is 9.59 Å². The lowest BCUT2D eigenvalue weighted by Gasteiger charge is -2.08. The molecule has 1 fully saturated rings. The molecule has 0 aliphatic heterocycles. The summed E-state index contributed by atoms with van der Waals surface area (Å²) in [4.78, 5) is 25.1. The molecule has 72 valence electrons. The van der Waals surface area contributed by atoms with E-state index in [1.54, 1.807) is 0 Å². The van der Waals surface area contributed by atoms with E-state index in [0.717, 1.165) is 12.8 Å². The summed E-state index contributed by atoms with van der Waals surface area (Å²) in [6, 6.07) is 0. The zero-order valence-corrected chi connectivity index (χ0v) is 7.47. The molecule has 0 bridgehead atoms. The molecule has 4 nitrogen and oxygen atoms in total. The van der Waals surface area contributed by atoms with Crippen molar-refractivity contribution in [1.82, 2.24) is 4.98 Å². The Balaban J connectivity index is 2.38. The van der Waals surface area contributed by atoms with E-state index in [1.165, 1.54) is 12.4 Å². The molecule has 2 rings (SSSR count). The average molecular weight is 191 g/mol. The van der Waals surface area contributed by atoms with Crippen molar-refractivity contribution in [3.05, 3.63) is 23.5 Å². The number of carbonyl (C=O) groups is 2. The van der Waals surface area contributed by atoms with Crippen LogP contribution >= 0.6 is 0 Å². The molecule has 1 aliphatic carbocycles. The quantitative estimate of drug-likeness (QED) is 0.672. The van der Waals surface area contributed by atoms with Gasteiger partial charge in [-0.3, -0.25) is 14.6 Å². The summed E-state index contributed by atoms with van der Waals surface area (Å²) in [7, 11) is 0. The number of rotatable bonds is 4. The Labute approximate surface area is 80.9 Å². The second-order valence-corrected chi connectivity index (χ2v) is 3.20. The molecule has 0 unspecified atom stereocenters. The van der Waals surface area contributed by atoms with Gasteiger partial charge in [-0.2, -0.15) is 0 Å². The Morgan fingerprint density at radius 1 is 1.21 bits per heavy atom. The minimum absolute atomic E-state index is 0.162. The Bertz CT molecular complexity index is 345. The van der Waals surface area contributed by atoms with Crippen LogP contribution in [0.25, 0.3) is 0 Å². The maximum absolute atomic E-state index is 10.7. The largest absolute Gasteiger partial charge is 0.489 e. The molecule has 0 atom stereocenters. The monoisotopic (exact) mass is 191 g/mol. The van der Waals surface area contributed by atoms with Crippen molar-refractivity contribution in [2.45, 2.75) is 18.9 Å². The predicted molar refractivity (Wildman–Crippen MR) is 48.7 cm³/mol. The number of ether oxygens (including phenoxy) is 1. The summed E-state index contributed by atoms with van der Waals surface area (Å²) in [6.07, 6.45) is 6.23. The second kappa shape index (κ2) is 3.57. The molecule has 1 heterocycles. The standard InChI is InChI=1S/C10H9NO3/c12-5-7-3-11-4-8(6-13)10(7)14-9-1-2-9/h3-6,9H,1-2H2. The van der Waals surface area contributed by atoms with Gasteiger partial charge >= 0.3 is 0 Å². The lowest BCUT2D eigenvalue weighted by Crippen LogP contribution is -2.03. The maximum atomic E-state index is 10.7. The summed E-state index contributed by atoms with van der Waals surface area (Å²) in [5.41, 5.74) is 0.669. The van der Waals surface area contributed by atoms with Crippen LogP contribution in [0.5, 0.6) is 5.75 Å². The van der Waals surface area contributed by atoms with Crippen molar-refractivity contribution in [3.63, 3.8) is 0 Å². The van der Waals surface area contributed by atoms with Crippen LogP contribution in [0, 0.1) is 0 Å². The number of hydrogen-bond acceptors (Lipinski definition) is 4. The number of aldehydes is 2. The summed E-state index contributed by atoms with van der Waals surface area (Å²) < 4.78 is 5.47. The maximum Gasteiger partial charge on any atom is 0.155 e. The van der Waals surface area contributed by atoms with Crippen LogP contribution < -0.4 is 4.74 Å². The van der Waals surface area contributed by atoms with E-state index < -0.39 is 0 Å². The van der Waals surface area contributed by atoms with Gasteiger partial charge in [0.1, 0.15) is 5.75 Å². The fraction of sp³-hybridized carbons (Fsp3) is 0.300. The van der Waals surface area contributed by atoms with E-state index in [4.69, 9.17) is 4.74 Å². The molecular formula is C10H9NO3. The van der Waals surface area contributed by atoms with Gasteiger partial charge in [-0.15, -0.1) is 0 Å². The topological polar surface area (TPSA) is 56.3 Å². The average Bonchev–Trinajstić information content (AvgIpc) is 3.02. The number of nitrogens with zero attached hydrogens (tertiary/aromatic N) is 1. The minimum atomic E-state index is 0.162. The van der Waals surface area contributed by atoms with Gasteiger partial charge in [0.2, 0.25) is 0 Å². The van der Waals surface area contributed by atoms with Crippen LogP contribution in [0.4, 0.5) is 0 Å². The first kappa shape index (κ1) is 8.87. The van der Waals surface area contributed by atoms with Crippen molar-refractivity contribution < 1.29 is 14.3 Å². The van der Waals surface area contributed by atoms with Gasteiger partial charge in [0.05, 0.1) is 17.2 Å². The third-order valence-electron chi connectivity index (χ3n) is 2.01. The summed E-state index contributed by atoms with van der Waals surface area (Å²) in [5.74, 6) is 0.368. The molecule has 0 radical (unpaired) electrons. The molecule has 4 heteroatoms. The molecule has 1 aliphatic rings. The summed E-state index contributed by atoms with van der Waals surface area (Å²) in [6.45, 7) is 0. The first-order valence-corrected chi connectivity index (χ1v) is 4.40. The van der Waals surface area contributed by atoms with Crippen molar-refractivity contribution >= 4 is 12.6 Å². The van der Waals surface area contributed by atoms with Gasteiger partial charge in [0.15, 0.2) is 12.6 Å². The molecule has 0 spiro atoms. The van der Waals surface area contributed by atoms with Crippen LogP contribution in [-0.4, -0.2) is 23.7 Å². The third kappa shape index (κ3) is 1.64. The number of hydrogen-bond donors (Lipinski definition) is 0. The van der Waals surface area contributed by atoms with E-state index in [2.05, 4.69) is 4.98 Å². The SMILES string of the molecule is O=Cc1cncc(C=O)c1OC1CC1. The molecular weight excluding hydrogens is 182 g/mol.